The van der Waals surface area contributed by atoms with Crippen molar-refractivity contribution in [2.75, 3.05) is 26.7 Å². The number of nitrogens with zero attached hydrogens (tertiary/aromatic N) is 2. The lowest BCUT2D eigenvalue weighted by molar-refractivity contribution is -0.138. The average molecular weight is 469 g/mol. The van der Waals surface area contributed by atoms with E-state index in [9.17, 15) is 26.4 Å². The van der Waals surface area contributed by atoms with E-state index in [1.54, 1.807) is 11.9 Å². The molecule has 9 heteroatoms. The Labute approximate surface area is 186 Å². The highest BCUT2D eigenvalue weighted by Crippen LogP contribution is 2.32. The molecule has 3 rings (SSSR count). The molecule has 5 nitrogen and oxygen atoms in total. The third-order valence-corrected chi connectivity index (χ3v) is 7.67. The molecule has 1 heterocycles. The fourth-order valence-electron chi connectivity index (χ4n) is 3.91. The number of benzene rings is 2. The molecule has 1 amide bonds. The first-order valence-electron chi connectivity index (χ1n) is 10.6. The van der Waals surface area contributed by atoms with Crippen molar-refractivity contribution in [3.8, 4) is 0 Å². The molecule has 0 spiro atoms. The number of carbonyl (C=O) groups excluding carboxylic acids is 1. The number of amides is 1. The zero-order valence-electron chi connectivity index (χ0n) is 17.9. The van der Waals surface area contributed by atoms with Crippen LogP contribution < -0.4 is 0 Å². The zero-order chi connectivity index (χ0) is 23.4. The average Bonchev–Trinajstić information content (AvgIpc) is 2.79. The minimum Gasteiger partial charge on any atom is -0.346 e. The predicted octanol–water partition coefficient (Wildman–Crippen LogP) is 4.20. The van der Waals surface area contributed by atoms with E-state index >= 15 is 0 Å². The van der Waals surface area contributed by atoms with Crippen molar-refractivity contribution < 1.29 is 26.4 Å². The van der Waals surface area contributed by atoms with Crippen molar-refractivity contribution >= 4 is 15.9 Å². The summed E-state index contributed by atoms with van der Waals surface area (Å²) in [5.41, 5.74) is 0.210. The van der Waals surface area contributed by atoms with E-state index in [0.29, 0.717) is 25.5 Å². The molecule has 0 aliphatic carbocycles. The molecule has 0 N–H and O–H groups in total. The van der Waals surface area contributed by atoms with Crippen LogP contribution in [0.4, 0.5) is 13.2 Å². The van der Waals surface area contributed by atoms with Gasteiger partial charge in [-0.25, -0.2) is 8.42 Å². The molecular weight excluding hydrogens is 441 g/mol. The Morgan fingerprint density at radius 1 is 1.06 bits per heavy atom. The van der Waals surface area contributed by atoms with Crippen molar-refractivity contribution in [3.05, 3.63) is 65.7 Å². The summed E-state index contributed by atoms with van der Waals surface area (Å²) < 4.78 is 65.6. The Bertz CT molecular complexity index is 1020. The molecule has 2 aromatic rings. The fraction of sp³-hybridized carbons (Fsp3) is 0.435. The van der Waals surface area contributed by atoms with Crippen molar-refractivity contribution in [2.24, 2.45) is 5.92 Å². The molecule has 0 aromatic heterocycles. The van der Waals surface area contributed by atoms with Gasteiger partial charge in [-0.3, -0.25) is 4.79 Å². The van der Waals surface area contributed by atoms with Gasteiger partial charge in [-0.05, 0) is 49.4 Å². The molecule has 32 heavy (non-hydrogen) atoms. The summed E-state index contributed by atoms with van der Waals surface area (Å²) in [4.78, 5) is 14.1. The summed E-state index contributed by atoms with van der Waals surface area (Å²) in [6.45, 7) is 0.816. The van der Waals surface area contributed by atoms with Crippen LogP contribution in [-0.2, 0) is 27.4 Å². The Morgan fingerprint density at radius 3 is 2.34 bits per heavy atom. The van der Waals surface area contributed by atoms with E-state index < -0.39 is 21.8 Å². The molecule has 0 unspecified atom stereocenters. The predicted molar refractivity (Wildman–Crippen MR) is 115 cm³/mol. The number of aryl methyl sites for hydroxylation is 1. The molecule has 1 aliphatic heterocycles. The summed E-state index contributed by atoms with van der Waals surface area (Å²) in [7, 11) is -2.30. The van der Waals surface area contributed by atoms with Crippen molar-refractivity contribution in [3.63, 3.8) is 0 Å². The van der Waals surface area contributed by atoms with E-state index in [1.165, 1.54) is 15.9 Å². The molecule has 0 radical (unpaired) electrons. The minimum atomic E-state index is -4.62. The van der Waals surface area contributed by atoms with Crippen LogP contribution in [0.15, 0.2) is 59.5 Å². The van der Waals surface area contributed by atoms with Gasteiger partial charge in [0.15, 0.2) is 0 Å². The first kappa shape index (κ1) is 24.3. The van der Waals surface area contributed by atoms with Crippen LogP contribution in [0.25, 0.3) is 0 Å². The number of halogens is 3. The maximum absolute atomic E-state index is 12.9. The molecule has 174 valence electrons. The lowest BCUT2D eigenvalue weighted by Gasteiger charge is -2.32. The van der Waals surface area contributed by atoms with Gasteiger partial charge in [-0.2, -0.15) is 17.5 Å². The maximum atomic E-state index is 12.9. The van der Waals surface area contributed by atoms with E-state index in [-0.39, 0.29) is 29.8 Å². The second kappa shape index (κ2) is 10.0. The number of sulfonamides is 1. The fourth-order valence-corrected chi connectivity index (χ4v) is 5.43. The van der Waals surface area contributed by atoms with Gasteiger partial charge in [0.05, 0.1) is 10.5 Å². The van der Waals surface area contributed by atoms with Crippen molar-refractivity contribution in [2.45, 2.75) is 36.8 Å². The number of rotatable bonds is 7. The molecule has 0 atom stereocenters. The highest BCUT2D eigenvalue weighted by Gasteiger charge is 2.35. The lowest BCUT2D eigenvalue weighted by Crippen LogP contribution is -2.43. The monoisotopic (exact) mass is 468 g/mol. The van der Waals surface area contributed by atoms with Gasteiger partial charge in [0.2, 0.25) is 15.9 Å². The molecule has 1 aliphatic rings. The van der Waals surface area contributed by atoms with Crippen LogP contribution in [0.3, 0.4) is 0 Å². The molecule has 0 saturated carbocycles. The highest BCUT2D eigenvalue weighted by molar-refractivity contribution is 7.89. The smallest absolute Gasteiger partial charge is 0.346 e. The molecule has 1 saturated heterocycles. The highest BCUT2D eigenvalue weighted by atomic mass is 32.2. The van der Waals surface area contributed by atoms with Crippen LogP contribution in [0.5, 0.6) is 0 Å². The summed E-state index contributed by atoms with van der Waals surface area (Å²) in [6.07, 6.45) is -2.22. The zero-order valence-corrected chi connectivity index (χ0v) is 18.7. The normalized spacial score (nSPS) is 16.1. The molecule has 2 aromatic carbocycles. The van der Waals surface area contributed by atoms with Crippen LogP contribution in [0, 0.1) is 5.92 Å². The van der Waals surface area contributed by atoms with Crippen molar-refractivity contribution in [1.82, 2.24) is 9.21 Å². The van der Waals surface area contributed by atoms with E-state index in [1.807, 2.05) is 30.3 Å². The Morgan fingerprint density at radius 2 is 1.72 bits per heavy atom. The number of piperidine rings is 1. The lowest BCUT2D eigenvalue weighted by atomic mass is 9.96. The van der Waals surface area contributed by atoms with Crippen LogP contribution in [-0.4, -0.2) is 50.2 Å². The summed E-state index contributed by atoms with van der Waals surface area (Å²) in [5.74, 6) is -0.307. The van der Waals surface area contributed by atoms with Gasteiger partial charge in [0.1, 0.15) is 0 Å². The maximum Gasteiger partial charge on any atom is 0.416 e. The van der Waals surface area contributed by atoms with Gasteiger partial charge >= 0.3 is 6.18 Å². The topological polar surface area (TPSA) is 57.7 Å². The molecule has 0 bridgehead atoms. The third kappa shape index (κ3) is 5.89. The summed E-state index contributed by atoms with van der Waals surface area (Å²) in [6, 6.07) is 13.8. The third-order valence-electron chi connectivity index (χ3n) is 5.78. The largest absolute Gasteiger partial charge is 0.416 e. The van der Waals surface area contributed by atoms with Crippen LogP contribution >= 0.6 is 0 Å². The van der Waals surface area contributed by atoms with E-state index in [2.05, 4.69) is 0 Å². The van der Waals surface area contributed by atoms with Crippen LogP contribution in [0.1, 0.15) is 30.4 Å². The first-order valence-corrected chi connectivity index (χ1v) is 12.0. The van der Waals surface area contributed by atoms with E-state index in [0.717, 1.165) is 25.0 Å². The van der Waals surface area contributed by atoms with Gasteiger partial charge in [-0.15, -0.1) is 0 Å². The Balaban J connectivity index is 1.54. The summed E-state index contributed by atoms with van der Waals surface area (Å²) >= 11 is 0. The SMILES string of the molecule is CN(CCCc1ccccc1)C(=O)C1CCN(S(=O)(=O)c2cccc(C(F)(F)F)c2)CC1. The number of hydrogen-bond acceptors (Lipinski definition) is 3. The number of carbonyl (C=O) groups is 1. The second-order valence-corrected chi connectivity index (χ2v) is 9.99. The van der Waals surface area contributed by atoms with Crippen LogP contribution in [0.2, 0.25) is 0 Å². The van der Waals surface area contributed by atoms with E-state index in [4.69, 9.17) is 0 Å². The molecular formula is C23H27F3N2O3S. The minimum absolute atomic E-state index is 0.0193. The standard InChI is InChI=1S/C23H27F3N2O3S/c1-27(14-6-9-18-7-3-2-4-8-18)22(29)19-12-15-28(16-13-19)32(30,31)21-11-5-10-20(17-21)23(24,25)26/h2-5,7-8,10-11,17,19H,6,9,12-16H2,1H3. The molecule has 1 fully saturated rings. The first-order chi connectivity index (χ1) is 15.1. The van der Waals surface area contributed by atoms with Gasteiger partial charge in [0, 0.05) is 32.6 Å². The number of hydrogen-bond donors (Lipinski definition) is 0. The summed E-state index contributed by atoms with van der Waals surface area (Å²) in [5, 5.41) is 0. The van der Waals surface area contributed by atoms with Crippen molar-refractivity contribution in [1.29, 1.82) is 0 Å². The van der Waals surface area contributed by atoms with Gasteiger partial charge in [0.25, 0.3) is 0 Å². The quantitative estimate of drug-likeness (QED) is 0.612. The number of alkyl halides is 3. The second-order valence-electron chi connectivity index (χ2n) is 8.05. The Hall–Kier alpha value is -2.39. The van der Waals surface area contributed by atoms with Gasteiger partial charge in [-0.1, -0.05) is 36.4 Å². The van der Waals surface area contributed by atoms with Gasteiger partial charge < -0.3 is 4.90 Å². The Kier molecular flexibility index (Phi) is 7.61.